The molecule has 0 atom stereocenters. The molecule has 0 saturated carbocycles. The van der Waals surface area contributed by atoms with Gasteiger partial charge >= 0.3 is 5.97 Å². The molecule has 1 aliphatic heterocycles. The fraction of sp³-hybridized carbons (Fsp3) is 0.0417. The van der Waals surface area contributed by atoms with Crippen LogP contribution in [-0.4, -0.2) is 30.0 Å². The average molecular weight is 481 g/mol. The number of imide groups is 1. The lowest BCUT2D eigenvalue weighted by Crippen LogP contribution is -2.32. The molecule has 0 fully saturated rings. The van der Waals surface area contributed by atoms with Crippen LogP contribution in [0.2, 0.25) is 5.02 Å². The Bertz CT molecular complexity index is 1290. The minimum absolute atomic E-state index is 0.0263. The van der Waals surface area contributed by atoms with Gasteiger partial charge in [0.2, 0.25) is 0 Å². The number of aromatic carboxylic acids is 1. The number of carbonyl (C=O) groups excluding carboxylic acids is 2. The lowest BCUT2D eigenvalue weighted by atomic mass is 10.2. The van der Waals surface area contributed by atoms with Gasteiger partial charge in [-0.2, -0.15) is 0 Å². The van der Waals surface area contributed by atoms with Crippen molar-refractivity contribution in [1.29, 1.82) is 0 Å². The fourth-order valence-corrected chi connectivity index (χ4v) is 4.37. The summed E-state index contributed by atoms with van der Waals surface area (Å²) in [5.74, 6) is -1.96. The summed E-state index contributed by atoms with van der Waals surface area (Å²) in [5, 5.41) is 12.6. The van der Waals surface area contributed by atoms with E-state index in [2.05, 4.69) is 5.32 Å². The number of carboxylic acid groups (broad SMARTS) is 1. The van der Waals surface area contributed by atoms with Crippen LogP contribution in [0.25, 0.3) is 0 Å². The number of methoxy groups -OCH3 is 1. The summed E-state index contributed by atoms with van der Waals surface area (Å²) >= 11 is 7.26. The van der Waals surface area contributed by atoms with E-state index < -0.39 is 17.8 Å². The summed E-state index contributed by atoms with van der Waals surface area (Å²) in [7, 11) is 1.43. The molecule has 4 rings (SSSR count). The topological polar surface area (TPSA) is 95.9 Å². The summed E-state index contributed by atoms with van der Waals surface area (Å²) in [4.78, 5) is 40.2. The number of thioether (sulfide) groups is 1. The molecule has 33 heavy (non-hydrogen) atoms. The number of carbonyl (C=O) groups is 3. The smallest absolute Gasteiger partial charge is 0.335 e. The molecule has 1 aliphatic rings. The van der Waals surface area contributed by atoms with E-state index in [1.807, 2.05) is 30.3 Å². The Hall–Kier alpha value is -3.75. The highest BCUT2D eigenvalue weighted by atomic mass is 35.5. The largest absolute Gasteiger partial charge is 0.495 e. The van der Waals surface area contributed by atoms with Crippen LogP contribution in [0.15, 0.2) is 88.3 Å². The van der Waals surface area contributed by atoms with E-state index in [0.717, 1.165) is 21.6 Å². The number of nitrogens with one attached hydrogen (secondary N) is 1. The molecule has 0 saturated heterocycles. The number of rotatable bonds is 7. The molecule has 0 bridgehead atoms. The zero-order valence-electron chi connectivity index (χ0n) is 17.2. The fourth-order valence-electron chi connectivity index (χ4n) is 3.25. The van der Waals surface area contributed by atoms with E-state index in [4.69, 9.17) is 16.3 Å². The highest BCUT2D eigenvalue weighted by Gasteiger charge is 2.41. The molecule has 1 heterocycles. The second-order valence-corrected chi connectivity index (χ2v) is 8.41. The molecule has 0 radical (unpaired) electrons. The highest BCUT2D eigenvalue weighted by Crippen LogP contribution is 2.41. The van der Waals surface area contributed by atoms with Gasteiger partial charge in [0.25, 0.3) is 11.8 Å². The van der Waals surface area contributed by atoms with E-state index >= 15 is 0 Å². The Morgan fingerprint density at radius 1 is 1.00 bits per heavy atom. The minimum atomic E-state index is -1.11. The number of hydrogen-bond acceptors (Lipinski definition) is 6. The summed E-state index contributed by atoms with van der Waals surface area (Å²) in [6.45, 7) is 0. The Labute approximate surface area is 198 Å². The quantitative estimate of drug-likeness (QED) is 0.457. The van der Waals surface area contributed by atoms with Crippen LogP contribution < -0.4 is 15.0 Å². The van der Waals surface area contributed by atoms with Gasteiger partial charge in [-0.1, -0.05) is 47.6 Å². The molecule has 0 aromatic heterocycles. The maximum Gasteiger partial charge on any atom is 0.335 e. The molecule has 166 valence electrons. The summed E-state index contributed by atoms with van der Waals surface area (Å²) < 4.78 is 5.34. The van der Waals surface area contributed by atoms with Crippen LogP contribution in [0.4, 0.5) is 11.4 Å². The lowest BCUT2D eigenvalue weighted by Gasteiger charge is -2.18. The Kier molecular flexibility index (Phi) is 6.39. The first-order valence-electron chi connectivity index (χ1n) is 9.69. The highest BCUT2D eigenvalue weighted by molar-refractivity contribution is 8.04. The Morgan fingerprint density at radius 2 is 1.76 bits per heavy atom. The third-order valence-electron chi connectivity index (χ3n) is 4.77. The predicted octanol–water partition coefficient (Wildman–Crippen LogP) is 5.04. The number of ether oxygens (including phenoxy) is 1. The Morgan fingerprint density at radius 3 is 2.45 bits per heavy atom. The number of amides is 2. The zero-order chi connectivity index (χ0) is 23.5. The number of anilines is 2. The molecule has 0 unspecified atom stereocenters. The van der Waals surface area contributed by atoms with E-state index in [9.17, 15) is 19.5 Å². The molecule has 9 heteroatoms. The molecule has 0 aliphatic carbocycles. The minimum Gasteiger partial charge on any atom is -0.495 e. The molecule has 7 nitrogen and oxygen atoms in total. The molecule has 2 N–H and O–H groups in total. The third-order valence-corrected chi connectivity index (χ3v) is 6.09. The first-order valence-corrected chi connectivity index (χ1v) is 10.9. The van der Waals surface area contributed by atoms with Crippen LogP contribution in [0.5, 0.6) is 5.75 Å². The van der Waals surface area contributed by atoms with E-state index in [1.54, 1.807) is 24.3 Å². The third kappa shape index (κ3) is 4.57. The van der Waals surface area contributed by atoms with Crippen molar-refractivity contribution in [2.24, 2.45) is 0 Å². The van der Waals surface area contributed by atoms with E-state index in [1.165, 1.54) is 25.3 Å². The first kappa shape index (κ1) is 22.4. The van der Waals surface area contributed by atoms with Crippen molar-refractivity contribution in [2.75, 3.05) is 17.3 Å². The second-order valence-electron chi connectivity index (χ2n) is 6.89. The Balaban J connectivity index is 1.79. The van der Waals surface area contributed by atoms with Gasteiger partial charge in [-0.15, -0.1) is 0 Å². The summed E-state index contributed by atoms with van der Waals surface area (Å²) in [5.41, 5.74) is 0.640. The molecule has 3 aromatic carbocycles. The van der Waals surface area contributed by atoms with Crippen molar-refractivity contribution in [1.82, 2.24) is 0 Å². The number of nitrogens with zero attached hydrogens (tertiary/aromatic N) is 1. The summed E-state index contributed by atoms with van der Waals surface area (Å²) in [6, 6.07) is 19.8. The van der Waals surface area contributed by atoms with Gasteiger partial charge in [-0.25, -0.2) is 9.69 Å². The molecule has 2 amide bonds. The first-order chi connectivity index (χ1) is 15.9. The van der Waals surface area contributed by atoms with Crippen LogP contribution in [0.1, 0.15) is 10.4 Å². The van der Waals surface area contributed by atoms with E-state index in [-0.39, 0.29) is 21.9 Å². The molecular formula is C24H17ClN2O5S. The van der Waals surface area contributed by atoms with Crippen molar-refractivity contribution in [3.63, 3.8) is 0 Å². The van der Waals surface area contributed by atoms with Crippen LogP contribution in [-0.2, 0) is 9.59 Å². The van der Waals surface area contributed by atoms with Crippen molar-refractivity contribution in [3.8, 4) is 5.75 Å². The van der Waals surface area contributed by atoms with Crippen LogP contribution >= 0.6 is 23.4 Å². The normalized spacial score (nSPS) is 13.5. The predicted molar refractivity (Wildman–Crippen MR) is 127 cm³/mol. The van der Waals surface area contributed by atoms with Gasteiger partial charge in [0.15, 0.2) is 0 Å². The SMILES string of the molecule is COc1ccc(Cl)cc1N1C(=O)C(Nc2cccc(C(=O)O)c2)=C(Sc2ccccc2)C1=O. The average Bonchev–Trinajstić information content (AvgIpc) is 3.03. The molecule has 3 aromatic rings. The zero-order valence-corrected chi connectivity index (χ0v) is 18.8. The molecule has 0 spiro atoms. The van der Waals surface area contributed by atoms with Crippen molar-refractivity contribution in [3.05, 3.63) is 94.0 Å². The maximum atomic E-state index is 13.5. The van der Waals surface area contributed by atoms with Crippen molar-refractivity contribution in [2.45, 2.75) is 4.90 Å². The van der Waals surface area contributed by atoms with Crippen molar-refractivity contribution < 1.29 is 24.2 Å². The van der Waals surface area contributed by atoms with Crippen LogP contribution in [0.3, 0.4) is 0 Å². The standard InChI is InChI=1S/C24H17ClN2O5S/c1-32-19-11-10-15(25)13-18(19)27-22(28)20(26-16-7-5-6-14(12-16)24(30)31)21(23(27)29)33-17-8-3-2-4-9-17/h2-13,26H,1H3,(H,30,31). The monoisotopic (exact) mass is 480 g/mol. The van der Waals surface area contributed by atoms with E-state index in [0.29, 0.717) is 16.5 Å². The van der Waals surface area contributed by atoms with Crippen molar-refractivity contribution >= 4 is 52.5 Å². The molecular weight excluding hydrogens is 464 g/mol. The van der Waals surface area contributed by atoms with Gasteiger partial charge < -0.3 is 15.2 Å². The van der Waals surface area contributed by atoms with Gasteiger partial charge in [-0.3, -0.25) is 9.59 Å². The van der Waals surface area contributed by atoms with Crippen LogP contribution in [0, 0.1) is 0 Å². The number of carboxylic acids is 1. The lowest BCUT2D eigenvalue weighted by molar-refractivity contribution is -0.120. The van der Waals surface area contributed by atoms with Gasteiger partial charge in [0.1, 0.15) is 16.4 Å². The summed E-state index contributed by atoms with van der Waals surface area (Å²) in [6.07, 6.45) is 0. The van der Waals surface area contributed by atoms with Gasteiger partial charge in [-0.05, 0) is 48.5 Å². The number of halogens is 1. The maximum absolute atomic E-state index is 13.5. The van der Waals surface area contributed by atoms with Gasteiger partial charge in [0, 0.05) is 15.6 Å². The number of hydrogen-bond donors (Lipinski definition) is 2. The van der Waals surface area contributed by atoms with Gasteiger partial charge in [0.05, 0.1) is 18.4 Å². The number of benzene rings is 3. The second kappa shape index (κ2) is 9.40.